The summed E-state index contributed by atoms with van der Waals surface area (Å²) in [5.74, 6) is 0. The summed E-state index contributed by atoms with van der Waals surface area (Å²) < 4.78 is 5.84. The Labute approximate surface area is 76.9 Å². The molecule has 1 aliphatic rings. The molecule has 1 rings (SSSR count). The molecule has 0 saturated heterocycles. The van der Waals surface area contributed by atoms with E-state index < -0.39 is 8.32 Å². The molecule has 0 unspecified atom stereocenters. The van der Waals surface area contributed by atoms with Crippen molar-refractivity contribution < 1.29 is 4.43 Å². The molecule has 0 aromatic heterocycles. The van der Waals surface area contributed by atoms with Gasteiger partial charge >= 0.3 is 0 Å². The summed E-state index contributed by atoms with van der Waals surface area (Å²) in [6.45, 7) is 7.59. The number of hydrogen-bond acceptors (Lipinski definition) is 1. The molecule has 0 atom stereocenters. The quantitative estimate of drug-likeness (QED) is 0.612. The Kier molecular flexibility index (Phi) is 3.53. The van der Waals surface area contributed by atoms with E-state index in [9.17, 15) is 0 Å². The largest absolute Gasteiger partial charge is 0.414 e. The first-order chi connectivity index (χ1) is 5.67. The average molecular weight is 184 g/mol. The molecule has 0 heterocycles. The van der Waals surface area contributed by atoms with E-state index in [-0.39, 0.29) is 0 Å². The van der Waals surface area contributed by atoms with Crippen LogP contribution in [0.1, 0.15) is 32.6 Å². The van der Waals surface area contributed by atoms with Crippen molar-refractivity contribution in [3.8, 4) is 0 Å². The SMILES string of the molecule is CCO[Si](C)(C)C1=CCCCC1. The molecule has 0 aliphatic heterocycles. The summed E-state index contributed by atoms with van der Waals surface area (Å²) in [5.41, 5.74) is 0. The van der Waals surface area contributed by atoms with Crippen molar-refractivity contribution in [1.29, 1.82) is 0 Å². The topological polar surface area (TPSA) is 9.23 Å². The maximum atomic E-state index is 5.84. The van der Waals surface area contributed by atoms with Crippen molar-refractivity contribution >= 4 is 8.32 Å². The molecule has 0 bridgehead atoms. The van der Waals surface area contributed by atoms with Gasteiger partial charge in [0.1, 0.15) is 0 Å². The molecular formula is C10H20OSi. The third kappa shape index (κ3) is 2.46. The monoisotopic (exact) mass is 184 g/mol. The molecule has 1 aliphatic carbocycles. The Morgan fingerprint density at radius 1 is 1.42 bits per heavy atom. The summed E-state index contributed by atoms with van der Waals surface area (Å²) in [6, 6.07) is 0. The summed E-state index contributed by atoms with van der Waals surface area (Å²) in [5, 5.41) is 1.63. The van der Waals surface area contributed by atoms with Crippen LogP contribution in [0.25, 0.3) is 0 Å². The van der Waals surface area contributed by atoms with Gasteiger partial charge in [0.25, 0.3) is 0 Å². The van der Waals surface area contributed by atoms with Crippen LogP contribution in [0.4, 0.5) is 0 Å². The maximum Gasteiger partial charge on any atom is 0.213 e. The van der Waals surface area contributed by atoms with Gasteiger partial charge in [0.05, 0.1) is 0 Å². The van der Waals surface area contributed by atoms with Gasteiger partial charge in [0.2, 0.25) is 8.32 Å². The first kappa shape index (κ1) is 10.0. The lowest BCUT2D eigenvalue weighted by atomic mass is 10.1. The average Bonchev–Trinajstić information content (AvgIpc) is 2.06. The Bertz CT molecular complexity index is 173. The fraction of sp³-hybridized carbons (Fsp3) is 0.800. The van der Waals surface area contributed by atoms with E-state index >= 15 is 0 Å². The van der Waals surface area contributed by atoms with E-state index in [0.29, 0.717) is 0 Å². The highest BCUT2D eigenvalue weighted by Crippen LogP contribution is 2.26. The first-order valence-corrected chi connectivity index (χ1v) is 7.91. The van der Waals surface area contributed by atoms with Crippen LogP contribution in [-0.4, -0.2) is 14.9 Å². The van der Waals surface area contributed by atoms with Crippen LogP contribution in [-0.2, 0) is 4.43 Å². The highest BCUT2D eigenvalue weighted by atomic mass is 28.4. The zero-order chi connectivity index (χ0) is 9.03. The molecule has 0 aromatic rings. The van der Waals surface area contributed by atoms with E-state index in [0.717, 1.165) is 6.61 Å². The lowest BCUT2D eigenvalue weighted by Crippen LogP contribution is -2.34. The maximum absolute atomic E-state index is 5.84. The second kappa shape index (κ2) is 4.24. The van der Waals surface area contributed by atoms with Gasteiger partial charge in [-0.15, -0.1) is 0 Å². The highest BCUT2D eigenvalue weighted by molar-refractivity contribution is 6.78. The lowest BCUT2D eigenvalue weighted by molar-refractivity contribution is 0.333. The van der Waals surface area contributed by atoms with Crippen LogP contribution in [0.5, 0.6) is 0 Å². The van der Waals surface area contributed by atoms with Crippen molar-refractivity contribution in [1.82, 2.24) is 0 Å². The molecular weight excluding hydrogens is 164 g/mol. The molecule has 70 valence electrons. The minimum absolute atomic E-state index is 0.872. The van der Waals surface area contributed by atoms with Crippen LogP contribution in [0, 0.1) is 0 Å². The first-order valence-electron chi connectivity index (χ1n) is 5.00. The summed E-state index contributed by atoms with van der Waals surface area (Å²) in [7, 11) is -1.44. The Hall–Kier alpha value is -0.0831. The van der Waals surface area contributed by atoms with Crippen LogP contribution in [0.3, 0.4) is 0 Å². The van der Waals surface area contributed by atoms with Gasteiger partial charge in [-0.1, -0.05) is 11.3 Å². The minimum atomic E-state index is -1.44. The van der Waals surface area contributed by atoms with Crippen molar-refractivity contribution in [2.45, 2.75) is 45.7 Å². The van der Waals surface area contributed by atoms with E-state index in [2.05, 4.69) is 26.1 Å². The standard InChI is InChI=1S/C10H20OSi/c1-4-11-12(2,3)10-8-6-5-7-9-10/h8H,4-7,9H2,1-3H3. The van der Waals surface area contributed by atoms with E-state index in [1.165, 1.54) is 25.7 Å². The third-order valence-electron chi connectivity index (χ3n) is 2.57. The third-order valence-corrected chi connectivity index (χ3v) is 5.58. The van der Waals surface area contributed by atoms with Gasteiger partial charge in [-0.3, -0.25) is 0 Å². The highest BCUT2D eigenvalue weighted by Gasteiger charge is 2.27. The number of hydrogen-bond donors (Lipinski definition) is 0. The zero-order valence-corrected chi connectivity index (χ0v) is 9.52. The number of allylic oxidation sites excluding steroid dienone is 2. The van der Waals surface area contributed by atoms with Gasteiger partial charge in [-0.25, -0.2) is 0 Å². The normalized spacial score (nSPS) is 19.1. The molecule has 0 saturated carbocycles. The van der Waals surface area contributed by atoms with Gasteiger partial charge in [-0.05, 0) is 45.7 Å². The Morgan fingerprint density at radius 3 is 2.67 bits per heavy atom. The zero-order valence-electron chi connectivity index (χ0n) is 8.52. The Morgan fingerprint density at radius 2 is 2.17 bits per heavy atom. The molecule has 0 radical (unpaired) electrons. The van der Waals surface area contributed by atoms with Crippen LogP contribution >= 0.6 is 0 Å². The fourth-order valence-corrected chi connectivity index (χ4v) is 4.16. The summed E-state index contributed by atoms with van der Waals surface area (Å²) in [4.78, 5) is 0. The summed E-state index contributed by atoms with van der Waals surface area (Å²) >= 11 is 0. The van der Waals surface area contributed by atoms with Crippen molar-refractivity contribution in [3.63, 3.8) is 0 Å². The minimum Gasteiger partial charge on any atom is -0.414 e. The molecule has 2 heteroatoms. The van der Waals surface area contributed by atoms with Gasteiger partial charge in [-0.2, -0.15) is 0 Å². The molecule has 0 N–H and O–H groups in total. The Balaban J connectivity index is 2.59. The second-order valence-electron chi connectivity index (χ2n) is 3.92. The van der Waals surface area contributed by atoms with E-state index in [1.807, 2.05) is 0 Å². The smallest absolute Gasteiger partial charge is 0.213 e. The van der Waals surface area contributed by atoms with Gasteiger partial charge in [0, 0.05) is 6.61 Å². The molecule has 1 nitrogen and oxygen atoms in total. The molecule has 0 amide bonds. The number of rotatable bonds is 3. The second-order valence-corrected chi connectivity index (χ2v) is 7.87. The van der Waals surface area contributed by atoms with Crippen LogP contribution < -0.4 is 0 Å². The molecule has 0 spiro atoms. The fourth-order valence-electron chi connectivity index (χ4n) is 1.84. The van der Waals surface area contributed by atoms with Crippen molar-refractivity contribution in [2.24, 2.45) is 0 Å². The molecule has 0 fully saturated rings. The van der Waals surface area contributed by atoms with Crippen molar-refractivity contribution in [2.75, 3.05) is 6.61 Å². The summed E-state index contributed by atoms with van der Waals surface area (Å²) in [6.07, 6.45) is 7.74. The van der Waals surface area contributed by atoms with Gasteiger partial charge < -0.3 is 4.43 Å². The molecule has 0 aromatic carbocycles. The van der Waals surface area contributed by atoms with Gasteiger partial charge in [0.15, 0.2) is 0 Å². The van der Waals surface area contributed by atoms with Crippen LogP contribution in [0.15, 0.2) is 11.3 Å². The van der Waals surface area contributed by atoms with E-state index in [4.69, 9.17) is 4.43 Å². The predicted octanol–water partition coefficient (Wildman–Crippen LogP) is 3.27. The molecule has 12 heavy (non-hydrogen) atoms. The predicted molar refractivity (Wildman–Crippen MR) is 55.7 cm³/mol. The van der Waals surface area contributed by atoms with Crippen LogP contribution in [0.2, 0.25) is 13.1 Å². The van der Waals surface area contributed by atoms with E-state index in [1.54, 1.807) is 5.20 Å². The lowest BCUT2D eigenvalue weighted by Gasteiger charge is -2.27. The van der Waals surface area contributed by atoms with Crippen molar-refractivity contribution in [3.05, 3.63) is 11.3 Å².